The number of carbonyl (C=O) groups excluding carboxylic acids is 2. The first-order valence-corrected chi connectivity index (χ1v) is 11.2. The van der Waals surface area contributed by atoms with Gasteiger partial charge in [-0.3, -0.25) is 14.4 Å². The topological polar surface area (TPSA) is 104 Å². The van der Waals surface area contributed by atoms with Gasteiger partial charge in [-0.1, -0.05) is 19.9 Å². The van der Waals surface area contributed by atoms with Crippen LogP contribution in [0.2, 0.25) is 0 Å². The molecule has 3 saturated carbocycles. The second-order valence-corrected chi connectivity index (χ2v) is 10.7. The molecule has 5 rings (SSSR count). The van der Waals surface area contributed by atoms with Crippen LogP contribution in [0.25, 0.3) is 0 Å². The Balaban J connectivity index is 1.55. The zero-order valence-corrected chi connectivity index (χ0v) is 18.1. The summed E-state index contributed by atoms with van der Waals surface area (Å²) in [5, 5.41) is 20.8. The molecule has 1 spiro atoms. The van der Waals surface area contributed by atoms with Gasteiger partial charge in [0.25, 0.3) is 0 Å². The number of carboxylic acids is 1. The van der Waals surface area contributed by atoms with Crippen molar-refractivity contribution in [2.75, 3.05) is 0 Å². The Labute approximate surface area is 180 Å². The molecule has 1 heterocycles. The minimum Gasteiger partial charge on any atom is -0.481 e. The highest BCUT2D eigenvalue weighted by Crippen LogP contribution is 2.76. The van der Waals surface area contributed by atoms with Crippen molar-refractivity contribution in [3.63, 3.8) is 0 Å². The minimum absolute atomic E-state index is 0.136. The first kappa shape index (κ1) is 21.0. The van der Waals surface area contributed by atoms with Gasteiger partial charge in [-0.2, -0.15) is 0 Å². The highest BCUT2D eigenvalue weighted by atomic mass is 19.1. The van der Waals surface area contributed by atoms with Gasteiger partial charge in [-0.05, 0) is 61.7 Å². The summed E-state index contributed by atoms with van der Waals surface area (Å²) in [4.78, 5) is 36.1. The molecule has 168 valence electrons. The molecule has 31 heavy (non-hydrogen) atoms. The number of Topliss-reactive ketones (excluding diaryl/α,β-unsaturated/α-hetero) is 1. The summed E-state index contributed by atoms with van der Waals surface area (Å²) in [6.45, 7) is 5.67. The van der Waals surface area contributed by atoms with E-state index in [0.29, 0.717) is 18.4 Å². The van der Waals surface area contributed by atoms with Gasteiger partial charge in [-0.25, -0.2) is 4.39 Å². The minimum atomic E-state index is -1.66. The summed E-state index contributed by atoms with van der Waals surface area (Å²) in [7, 11) is 0. The molecule has 0 unspecified atom stereocenters. The largest absolute Gasteiger partial charge is 0.481 e. The molecule has 4 fully saturated rings. The van der Waals surface area contributed by atoms with E-state index in [1.54, 1.807) is 6.08 Å². The first-order chi connectivity index (χ1) is 14.4. The van der Waals surface area contributed by atoms with Crippen molar-refractivity contribution in [3.8, 4) is 0 Å². The number of hydrogen-bond donors (Lipinski definition) is 2. The number of aliphatic hydroxyl groups is 1. The summed E-state index contributed by atoms with van der Waals surface area (Å²) >= 11 is 0. The van der Waals surface area contributed by atoms with E-state index in [1.807, 2.05) is 20.8 Å². The van der Waals surface area contributed by atoms with Gasteiger partial charge in [0.05, 0.1) is 12.5 Å². The van der Waals surface area contributed by atoms with Gasteiger partial charge in [0.15, 0.2) is 11.6 Å². The molecule has 0 bridgehead atoms. The number of fused-ring (bicyclic) bond motifs is 3. The average molecular weight is 432 g/mol. The Bertz CT molecular complexity index is 956. The quantitative estimate of drug-likeness (QED) is 0.662. The maximum absolute atomic E-state index is 15.4. The van der Waals surface area contributed by atoms with E-state index in [1.165, 1.54) is 12.2 Å². The lowest BCUT2D eigenvalue weighted by Crippen LogP contribution is -2.63. The second kappa shape index (κ2) is 6.13. The monoisotopic (exact) mass is 432 g/mol. The van der Waals surface area contributed by atoms with Crippen LogP contribution in [0.15, 0.2) is 23.8 Å². The molecule has 9 atom stereocenters. The van der Waals surface area contributed by atoms with Gasteiger partial charge in [0, 0.05) is 17.3 Å². The Hall–Kier alpha value is -1.86. The molecule has 6 nitrogen and oxygen atoms in total. The Morgan fingerprint density at radius 1 is 1.23 bits per heavy atom. The predicted molar refractivity (Wildman–Crippen MR) is 108 cm³/mol. The van der Waals surface area contributed by atoms with Gasteiger partial charge < -0.3 is 14.9 Å². The predicted octanol–water partition coefficient (Wildman–Crippen LogP) is 2.78. The molecule has 0 amide bonds. The summed E-state index contributed by atoms with van der Waals surface area (Å²) in [5.41, 5.74) is -3.36. The molecular formula is C24H29FO6. The van der Waals surface area contributed by atoms with Crippen molar-refractivity contribution in [3.05, 3.63) is 23.8 Å². The third kappa shape index (κ3) is 2.31. The summed E-state index contributed by atoms with van der Waals surface area (Å²) < 4.78 is 21.8. The summed E-state index contributed by atoms with van der Waals surface area (Å²) in [6.07, 6.45) is 3.82. The van der Waals surface area contributed by atoms with E-state index in [-0.39, 0.29) is 48.9 Å². The van der Waals surface area contributed by atoms with Crippen LogP contribution in [0.3, 0.4) is 0 Å². The molecule has 0 aromatic rings. The standard InChI is InChI=1S/C24H29FO6/c1-12-8-14-15-10-17(25)16-9-13(26)6-7-21(16,2)24(15)19(31-24)11-22(14,3)23(12,30)18(27)4-5-20(28)29/h6-7,9,12,14-15,17,19,30H,4-5,8,10-11H2,1-3H3,(H,28,29)/t12-,14+,15+,17+,19+,21+,22+,23+,24-/m1/s1. The fraction of sp³-hybridized carbons (Fsp3) is 0.708. The fourth-order valence-corrected chi connectivity index (χ4v) is 7.98. The maximum atomic E-state index is 15.4. The first-order valence-electron chi connectivity index (χ1n) is 11.2. The highest BCUT2D eigenvalue weighted by molar-refractivity contribution is 6.01. The van der Waals surface area contributed by atoms with E-state index < -0.39 is 40.0 Å². The molecule has 0 aromatic heterocycles. The summed E-state index contributed by atoms with van der Waals surface area (Å²) in [6, 6.07) is 0. The maximum Gasteiger partial charge on any atom is 0.303 e. The van der Waals surface area contributed by atoms with E-state index >= 15 is 4.39 Å². The van der Waals surface area contributed by atoms with Crippen LogP contribution in [0.1, 0.15) is 52.9 Å². The molecule has 0 aromatic carbocycles. The lowest BCUT2D eigenvalue weighted by molar-refractivity contribution is -0.164. The smallest absolute Gasteiger partial charge is 0.303 e. The van der Waals surface area contributed by atoms with Gasteiger partial charge >= 0.3 is 5.97 Å². The van der Waals surface area contributed by atoms with Crippen molar-refractivity contribution in [2.24, 2.45) is 28.6 Å². The average Bonchev–Trinajstić information content (AvgIpc) is 3.38. The van der Waals surface area contributed by atoms with Crippen LogP contribution in [0.4, 0.5) is 4.39 Å². The lowest BCUT2D eigenvalue weighted by atomic mass is 9.46. The summed E-state index contributed by atoms with van der Waals surface area (Å²) in [5.74, 6) is -2.42. The Kier molecular flexibility index (Phi) is 4.16. The number of aliphatic carboxylic acids is 1. The second-order valence-electron chi connectivity index (χ2n) is 10.7. The van der Waals surface area contributed by atoms with Crippen molar-refractivity contribution in [1.82, 2.24) is 0 Å². The third-order valence-corrected chi connectivity index (χ3v) is 9.49. The zero-order chi connectivity index (χ0) is 22.6. The van der Waals surface area contributed by atoms with E-state index in [9.17, 15) is 19.5 Å². The SMILES string of the molecule is C[C@@H]1C[C@H]2[C@@H]3C[C@H](F)C4=CC(=O)C=C[C@]4(C)[C@@]34O[C@H]4C[C@]2(C)[C@@]1(O)C(=O)CCC(=O)O. The van der Waals surface area contributed by atoms with Crippen LogP contribution < -0.4 is 0 Å². The normalized spacial score (nSPS) is 51.8. The number of alkyl halides is 1. The van der Waals surface area contributed by atoms with Crippen LogP contribution in [0, 0.1) is 28.6 Å². The number of carboxylic acid groups (broad SMARTS) is 1. The fourth-order valence-electron chi connectivity index (χ4n) is 7.98. The van der Waals surface area contributed by atoms with Gasteiger partial charge in [-0.15, -0.1) is 0 Å². The van der Waals surface area contributed by atoms with E-state index in [2.05, 4.69) is 0 Å². The molecule has 1 aliphatic heterocycles. The van der Waals surface area contributed by atoms with Crippen molar-refractivity contribution in [2.45, 2.75) is 76.4 Å². The molecule has 4 aliphatic carbocycles. The Morgan fingerprint density at radius 2 is 1.94 bits per heavy atom. The number of carbonyl (C=O) groups is 3. The Morgan fingerprint density at radius 3 is 2.61 bits per heavy atom. The van der Waals surface area contributed by atoms with E-state index in [0.717, 1.165) is 0 Å². The third-order valence-electron chi connectivity index (χ3n) is 9.49. The molecule has 5 aliphatic rings. The number of ketones is 2. The number of hydrogen-bond acceptors (Lipinski definition) is 5. The number of allylic oxidation sites excluding steroid dienone is 2. The van der Waals surface area contributed by atoms with Crippen LogP contribution in [0.5, 0.6) is 0 Å². The number of rotatable bonds is 4. The van der Waals surface area contributed by atoms with Crippen molar-refractivity contribution >= 4 is 17.5 Å². The number of halogens is 1. The van der Waals surface area contributed by atoms with Crippen LogP contribution >= 0.6 is 0 Å². The van der Waals surface area contributed by atoms with Crippen LogP contribution in [-0.2, 0) is 19.1 Å². The van der Waals surface area contributed by atoms with Crippen LogP contribution in [-0.4, -0.2) is 51.2 Å². The van der Waals surface area contributed by atoms with Gasteiger partial charge in [0.1, 0.15) is 17.4 Å². The molecule has 7 heteroatoms. The number of ether oxygens (including phenoxy) is 1. The van der Waals surface area contributed by atoms with Crippen molar-refractivity contribution < 1.29 is 33.7 Å². The number of epoxide rings is 1. The molecule has 2 N–H and O–H groups in total. The van der Waals surface area contributed by atoms with Crippen molar-refractivity contribution in [1.29, 1.82) is 0 Å². The molecule has 0 radical (unpaired) electrons. The molecular weight excluding hydrogens is 403 g/mol. The van der Waals surface area contributed by atoms with Gasteiger partial charge in [0.2, 0.25) is 0 Å². The lowest BCUT2D eigenvalue weighted by Gasteiger charge is -2.56. The molecule has 1 saturated heterocycles. The highest BCUT2D eigenvalue weighted by Gasteiger charge is 2.82. The zero-order valence-electron chi connectivity index (χ0n) is 18.1. The van der Waals surface area contributed by atoms with E-state index in [4.69, 9.17) is 9.84 Å².